The lowest BCUT2D eigenvalue weighted by molar-refractivity contribution is -0.384. The van der Waals surface area contributed by atoms with Crippen molar-refractivity contribution in [2.24, 2.45) is 0 Å². The summed E-state index contributed by atoms with van der Waals surface area (Å²) < 4.78 is 5.17. The van der Waals surface area contributed by atoms with Crippen LogP contribution >= 0.6 is 11.8 Å². The maximum atomic E-state index is 12.4. The molecule has 23 heavy (non-hydrogen) atoms. The normalized spacial score (nSPS) is 16.6. The van der Waals surface area contributed by atoms with Crippen LogP contribution in [0.4, 0.5) is 11.4 Å². The highest BCUT2D eigenvalue weighted by atomic mass is 32.2. The summed E-state index contributed by atoms with van der Waals surface area (Å²) >= 11 is 1.69. The van der Waals surface area contributed by atoms with Crippen LogP contribution in [0.2, 0.25) is 0 Å². The number of anilines is 1. The Balaban J connectivity index is 2.03. The first-order valence-corrected chi connectivity index (χ1v) is 8.74. The molecule has 1 aromatic carbocycles. The Morgan fingerprint density at radius 3 is 2.70 bits per heavy atom. The molecule has 1 amide bonds. The Hall–Kier alpha value is -1.76. The fraction of sp³-hybridized carbons (Fsp3) is 0.562. The Morgan fingerprint density at radius 2 is 2.09 bits per heavy atom. The zero-order chi connectivity index (χ0) is 16.8. The number of ether oxygens (including phenoxy) is 1. The Bertz CT molecular complexity index is 573. The number of nitro groups is 1. The lowest BCUT2D eigenvalue weighted by Gasteiger charge is -2.24. The van der Waals surface area contributed by atoms with Crippen LogP contribution in [0.25, 0.3) is 0 Å². The summed E-state index contributed by atoms with van der Waals surface area (Å²) in [7, 11) is 1.47. The van der Waals surface area contributed by atoms with Crippen molar-refractivity contribution in [1.82, 2.24) is 0 Å². The van der Waals surface area contributed by atoms with Gasteiger partial charge in [0.25, 0.3) is 5.69 Å². The molecule has 126 valence electrons. The molecule has 6 nitrogen and oxygen atoms in total. The number of amides is 1. The van der Waals surface area contributed by atoms with Gasteiger partial charge < -0.3 is 10.1 Å². The van der Waals surface area contributed by atoms with Crippen LogP contribution in [0, 0.1) is 10.1 Å². The van der Waals surface area contributed by atoms with E-state index in [2.05, 4.69) is 5.32 Å². The number of non-ortho nitro benzene ring substituents is 1. The molecular formula is C16H22N2O4S. The van der Waals surface area contributed by atoms with Crippen molar-refractivity contribution >= 4 is 29.0 Å². The monoisotopic (exact) mass is 338 g/mol. The van der Waals surface area contributed by atoms with E-state index in [0.717, 1.165) is 12.8 Å². The van der Waals surface area contributed by atoms with Crippen molar-refractivity contribution in [3.63, 3.8) is 0 Å². The van der Waals surface area contributed by atoms with Crippen molar-refractivity contribution in [2.75, 3.05) is 12.4 Å². The molecule has 0 heterocycles. The van der Waals surface area contributed by atoms with Gasteiger partial charge in [0.15, 0.2) is 0 Å². The fourth-order valence-electron chi connectivity index (χ4n) is 2.69. The summed E-state index contributed by atoms with van der Waals surface area (Å²) in [5.74, 6) is 0.262. The average Bonchev–Trinajstić information content (AvgIpc) is 2.55. The van der Waals surface area contributed by atoms with E-state index in [9.17, 15) is 14.9 Å². The summed E-state index contributed by atoms with van der Waals surface area (Å²) in [5, 5.41) is 14.0. The highest BCUT2D eigenvalue weighted by Crippen LogP contribution is 2.33. The van der Waals surface area contributed by atoms with Gasteiger partial charge in [-0.05, 0) is 25.8 Å². The first-order valence-electron chi connectivity index (χ1n) is 7.80. The number of carbonyl (C=O) groups is 1. The number of nitrogens with zero attached hydrogens (tertiary/aromatic N) is 1. The van der Waals surface area contributed by atoms with E-state index in [1.807, 2.05) is 6.92 Å². The molecule has 1 aliphatic rings. The van der Waals surface area contributed by atoms with Crippen LogP contribution in [0.15, 0.2) is 18.2 Å². The number of carbonyl (C=O) groups excluding carboxylic acids is 1. The molecule has 1 saturated carbocycles. The summed E-state index contributed by atoms with van der Waals surface area (Å²) in [6.07, 6.45) is 6.04. The third kappa shape index (κ3) is 4.86. The molecule has 0 aliphatic heterocycles. The molecule has 0 radical (unpaired) electrons. The largest absolute Gasteiger partial charge is 0.495 e. The molecule has 1 atom stereocenters. The predicted molar refractivity (Wildman–Crippen MR) is 92.2 cm³/mol. The van der Waals surface area contributed by atoms with Gasteiger partial charge in [-0.25, -0.2) is 0 Å². The van der Waals surface area contributed by atoms with Crippen LogP contribution in [-0.2, 0) is 4.79 Å². The summed E-state index contributed by atoms with van der Waals surface area (Å²) in [6, 6.07) is 4.18. The molecule has 2 rings (SSSR count). The molecule has 1 unspecified atom stereocenters. The number of nitro benzene ring substituents is 1. The summed E-state index contributed by atoms with van der Waals surface area (Å²) in [5.41, 5.74) is 0.261. The summed E-state index contributed by atoms with van der Waals surface area (Å²) in [6.45, 7) is 1.87. The predicted octanol–water partition coefficient (Wildman–Crippen LogP) is 4.00. The number of methoxy groups -OCH3 is 1. The maximum Gasteiger partial charge on any atom is 0.271 e. The van der Waals surface area contributed by atoms with Gasteiger partial charge in [-0.15, -0.1) is 11.8 Å². The van der Waals surface area contributed by atoms with E-state index in [0.29, 0.717) is 16.7 Å². The number of thioether (sulfide) groups is 1. The van der Waals surface area contributed by atoms with Crippen molar-refractivity contribution < 1.29 is 14.5 Å². The van der Waals surface area contributed by atoms with Crippen molar-refractivity contribution in [3.05, 3.63) is 28.3 Å². The van der Waals surface area contributed by atoms with E-state index in [1.54, 1.807) is 11.8 Å². The van der Waals surface area contributed by atoms with Crippen molar-refractivity contribution in [3.8, 4) is 5.75 Å². The Kier molecular flexibility index (Phi) is 6.27. The minimum Gasteiger partial charge on any atom is -0.495 e. The lowest BCUT2D eigenvalue weighted by Crippen LogP contribution is -2.25. The van der Waals surface area contributed by atoms with Gasteiger partial charge in [0.2, 0.25) is 5.91 Å². The van der Waals surface area contributed by atoms with Crippen LogP contribution in [0.5, 0.6) is 5.75 Å². The molecular weight excluding hydrogens is 316 g/mol. The second-order valence-corrected chi connectivity index (χ2v) is 7.32. The van der Waals surface area contributed by atoms with Crippen LogP contribution in [-0.4, -0.2) is 28.4 Å². The standard InChI is InChI=1S/C16H22N2O4S/c1-11(23-13-6-4-3-5-7-13)16(19)17-14-10-12(18(20)21)8-9-15(14)22-2/h8-11,13H,3-7H2,1-2H3,(H,17,19). The molecule has 7 heteroatoms. The SMILES string of the molecule is COc1ccc([N+](=O)[O-])cc1NC(=O)C(C)SC1CCCCC1. The highest BCUT2D eigenvalue weighted by molar-refractivity contribution is 8.01. The number of nitrogens with one attached hydrogen (secondary N) is 1. The molecule has 0 aromatic heterocycles. The number of hydrogen-bond donors (Lipinski definition) is 1. The van der Waals surface area contributed by atoms with Crippen LogP contribution < -0.4 is 10.1 Å². The molecule has 1 fully saturated rings. The van der Waals surface area contributed by atoms with Gasteiger partial charge in [0.1, 0.15) is 5.75 Å². The van der Waals surface area contributed by atoms with Gasteiger partial charge in [0.05, 0.1) is 23.0 Å². The van der Waals surface area contributed by atoms with Gasteiger partial charge >= 0.3 is 0 Å². The van der Waals surface area contributed by atoms with Crippen molar-refractivity contribution in [1.29, 1.82) is 0 Å². The van der Waals surface area contributed by atoms with Gasteiger partial charge in [-0.2, -0.15) is 0 Å². The second-order valence-electron chi connectivity index (χ2n) is 5.67. The van der Waals surface area contributed by atoms with Crippen LogP contribution in [0.1, 0.15) is 39.0 Å². The van der Waals surface area contributed by atoms with E-state index in [4.69, 9.17) is 4.74 Å². The molecule has 0 bridgehead atoms. The number of hydrogen-bond acceptors (Lipinski definition) is 5. The number of rotatable bonds is 6. The molecule has 1 aliphatic carbocycles. The van der Waals surface area contributed by atoms with Crippen molar-refractivity contribution in [2.45, 2.75) is 49.5 Å². The quantitative estimate of drug-likeness (QED) is 0.626. The first-order chi connectivity index (χ1) is 11.0. The minimum absolute atomic E-state index is 0.0753. The molecule has 0 spiro atoms. The second kappa shape index (κ2) is 8.19. The zero-order valence-corrected chi connectivity index (χ0v) is 14.2. The van der Waals surface area contributed by atoms with Gasteiger partial charge in [0, 0.05) is 17.4 Å². The fourth-order valence-corrected chi connectivity index (χ4v) is 4.06. The maximum absolute atomic E-state index is 12.4. The minimum atomic E-state index is -0.491. The summed E-state index contributed by atoms with van der Waals surface area (Å²) in [4.78, 5) is 22.8. The lowest BCUT2D eigenvalue weighted by atomic mass is 10.0. The third-order valence-corrected chi connectivity index (χ3v) is 5.45. The van der Waals surface area contributed by atoms with E-state index in [-0.39, 0.29) is 16.8 Å². The van der Waals surface area contributed by atoms with E-state index >= 15 is 0 Å². The molecule has 1 aromatic rings. The Morgan fingerprint density at radius 1 is 1.39 bits per heavy atom. The molecule has 1 N–H and O–H groups in total. The zero-order valence-electron chi connectivity index (χ0n) is 13.4. The molecule has 0 saturated heterocycles. The number of benzene rings is 1. The topological polar surface area (TPSA) is 81.5 Å². The average molecular weight is 338 g/mol. The first kappa shape index (κ1) is 17.6. The Labute approximate surface area is 140 Å². The van der Waals surface area contributed by atoms with E-state index in [1.165, 1.54) is 44.6 Å². The van der Waals surface area contributed by atoms with Gasteiger partial charge in [-0.1, -0.05) is 19.3 Å². The van der Waals surface area contributed by atoms with Gasteiger partial charge in [-0.3, -0.25) is 14.9 Å². The van der Waals surface area contributed by atoms with E-state index < -0.39 is 4.92 Å². The van der Waals surface area contributed by atoms with Crippen LogP contribution in [0.3, 0.4) is 0 Å². The smallest absolute Gasteiger partial charge is 0.271 e. The third-order valence-electron chi connectivity index (χ3n) is 3.97. The highest BCUT2D eigenvalue weighted by Gasteiger charge is 2.22.